The number of hydrogen-bond donors (Lipinski definition) is 0. The van der Waals surface area contributed by atoms with E-state index in [2.05, 4.69) is 20.9 Å². The van der Waals surface area contributed by atoms with Gasteiger partial charge in [-0.15, -0.1) is 0 Å². The minimum Gasteiger partial charge on any atom is -0.341 e. The van der Waals surface area contributed by atoms with E-state index in [1.807, 2.05) is 34.1 Å². The molecule has 0 aliphatic carbocycles. The predicted octanol–water partition coefficient (Wildman–Crippen LogP) is 2.76. The molecule has 2 amide bonds. The molecule has 1 aromatic heterocycles. The van der Waals surface area contributed by atoms with Crippen LogP contribution in [0.4, 0.5) is 0 Å². The van der Waals surface area contributed by atoms with Crippen LogP contribution in [0.2, 0.25) is 0 Å². The van der Waals surface area contributed by atoms with Gasteiger partial charge in [-0.05, 0) is 36.2 Å². The third kappa shape index (κ3) is 4.66. The number of aromatic nitrogens is 1. The van der Waals surface area contributed by atoms with E-state index in [0.29, 0.717) is 38.2 Å². The summed E-state index contributed by atoms with van der Waals surface area (Å²) in [5.41, 5.74) is 1.60. The second-order valence-corrected chi connectivity index (χ2v) is 6.99. The lowest BCUT2D eigenvalue weighted by Crippen LogP contribution is -2.38. The average molecular weight is 402 g/mol. The van der Waals surface area contributed by atoms with E-state index in [9.17, 15) is 9.59 Å². The van der Waals surface area contributed by atoms with Gasteiger partial charge in [0.15, 0.2) is 0 Å². The highest BCUT2D eigenvalue weighted by Gasteiger charge is 2.22. The molecular weight excluding hydrogens is 382 g/mol. The summed E-state index contributed by atoms with van der Waals surface area (Å²) in [6.45, 7) is 2.48. The Labute approximate surface area is 155 Å². The quantitative estimate of drug-likeness (QED) is 0.794. The van der Waals surface area contributed by atoms with Crippen LogP contribution in [0.5, 0.6) is 0 Å². The third-order valence-corrected chi connectivity index (χ3v) is 4.84. The second kappa shape index (κ2) is 8.25. The molecule has 5 nitrogen and oxygen atoms in total. The molecule has 0 N–H and O–H groups in total. The molecular formula is C19H20BrN3O2. The molecule has 3 rings (SSSR count). The zero-order valence-electron chi connectivity index (χ0n) is 13.9. The summed E-state index contributed by atoms with van der Waals surface area (Å²) < 4.78 is 1.00. The number of halogens is 1. The molecule has 2 heterocycles. The highest BCUT2D eigenvalue weighted by molar-refractivity contribution is 9.10. The van der Waals surface area contributed by atoms with Gasteiger partial charge < -0.3 is 9.80 Å². The van der Waals surface area contributed by atoms with E-state index in [0.717, 1.165) is 16.5 Å². The van der Waals surface area contributed by atoms with Gasteiger partial charge in [-0.25, -0.2) is 0 Å². The van der Waals surface area contributed by atoms with Crippen molar-refractivity contribution in [2.45, 2.75) is 12.8 Å². The van der Waals surface area contributed by atoms with Crippen LogP contribution in [0.15, 0.2) is 53.3 Å². The first kappa shape index (κ1) is 17.6. The van der Waals surface area contributed by atoms with Gasteiger partial charge in [0.1, 0.15) is 0 Å². The number of amides is 2. The van der Waals surface area contributed by atoms with Crippen molar-refractivity contribution in [3.05, 3.63) is 64.4 Å². The molecule has 1 fully saturated rings. The van der Waals surface area contributed by atoms with E-state index in [1.165, 1.54) is 0 Å². The molecule has 0 bridgehead atoms. The predicted molar refractivity (Wildman–Crippen MR) is 99.2 cm³/mol. The van der Waals surface area contributed by atoms with E-state index >= 15 is 0 Å². The zero-order chi connectivity index (χ0) is 17.6. The topological polar surface area (TPSA) is 53.5 Å². The monoisotopic (exact) mass is 401 g/mol. The Morgan fingerprint density at radius 1 is 1.00 bits per heavy atom. The molecule has 1 aliphatic rings. The summed E-state index contributed by atoms with van der Waals surface area (Å²) in [6.07, 6.45) is 4.42. The van der Waals surface area contributed by atoms with Crippen LogP contribution in [0.3, 0.4) is 0 Å². The molecule has 0 radical (unpaired) electrons. The van der Waals surface area contributed by atoms with E-state index in [1.54, 1.807) is 24.5 Å². The molecule has 1 aromatic carbocycles. The Hall–Kier alpha value is -2.21. The SMILES string of the molecule is O=C(Cc1ccc(Br)cc1)N1CCCN(C(=O)c2cccnc2)CC1. The summed E-state index contributed by atoms with van der Waals surface area (Å²) in [7, 11) is 0. The number of hydrogen-bond acceptors (Lipinski definition) is 3. The van der Waals surface area contributed by atoms with Crippen LogP contribution >= 0.6 is 15.9 Å². The standard InChI is InChI=1S/C19H20BrN3O2/c20-17-6-4-15(5-7-17)13-18(24)22-9-2-10-23(12-11-22)19(25)16-3-1-8-21-14-16/h1,3-8,14H,2,9-13H2. The smallest absolute Gasteiger partial charge is 0.255 e. The lowest BCUT2D eigenvalue weighted by atomic mass is 10.1. The Balaban J connectivity index is 1.58. The maximum Gasteiger partial charge on any atom is 0.255 e. The lowest BCUT2D eigenvalue weighted by Gasteiger charge is -2.22. The first-order chi connectivity index (χ1) is 12.1. The van der Waals surface area contributed by atoms with E-state index in [4.69, 9.17) is 0 Å². The number of carbonyl (C=O) groups excluding carboxylic acids is 2. The minimum absolute atomic E-state index is 0.0182. The molecule has 2 aromatic rings. The number of carbonyl (C=O) groups is 2. The van der Waals surface area contributed by atoms with Gasteiger partial charge >= 0.3 is 0 Å². The van der Waals surface area contributed by atoms with E-state index in [-0.39, 0.29) is 11.8 Å². The Bertz CT molecular complexity index is 734. The van der Waals surface area contributed by atoms with Crippen LogP contribution in [0.1, 0.15) is 22.3 Å². The highest BCUT2D eigenvalue weighted by Crippen LogP contribution is 2.13. The molecule has 0 spiro atoms. The van der Waals surface area contributed by atoms with Gasteiger partial charge in [-0.2, -0.15) is 0 Å². The van der Waals surface area contributed by atoms with Crippen molar-refractivity contribution in [2.24, 2.45) is 0 Å². The summed E-state index contributed by atoms with van der Waals surface area (Å²) in [5, 5.41) is 0. The Morgan fingerprint density at radius 3 is 2.44 bits per heavy atom. The fourth-order valence-electron chi connectivity index (χ4n) is 2.93. The van der Waals surface area contributed by atoms with E-state index < -0.39 is 0 Å². The van der Waals surface area contributed by atoms with Crippen molar-refractivity contribution >= 4 is 27.7 Å². The fourth-order valence-corrected chi connectivity index (χ4v) is 3.19. The van der Waals surface area contributed by atoms with Crippen LogP contribution < -0.4 is 0 Å². The fraction of sp³-hybridized carbons (Fsp3) is 0.316. The number of rotatable bonds is 3. The van der Waals surface area contributed by atoms with Gasteiger partial charge in [0.2, 0.25) is 5.91 Å². The van der Waals surface area contributed by atoms with Crippen molar-refractivity contribution in [3.8, 4) is 0 Å². The summed E-state index contributed by atoms with van der Waals surface area (Å²) >= 11 is 3.40. The lowest BCUT2D eigenvalue weighted by molar-refractivity contribution is -0.130. The molecule has 1 saturated heterocycles. The largest absolute Gasteiger partial charge is 0.341 e. The minimum atomic E-state index is -0.0182. The first-order valence-corrected chi connectivity index (χ1v) is 9.14. The van der Waals surface area contributed by atoms with Crippen molar-refractivity contribution < 1.29 is 9.59 Å². The second-order valence-electron chi connectivity index (χ2n) is 6.07. The number of nitrogens with zero attached hydrogens (tertiary/aromatic N) is 3. The maximum absolute atomic E-state index is 12.6. The zero-order valence-corrected chi connectivity index (χ0v) is 15.5. The molecule has 0 unspecified atom stereocenters. The normalized spacial score (nSPS) is 14.9. The van der Waals surface area contributed by atoms with Gasteiger partial charge in [0.25, 0.3) is 5.91 Å². The van der Waals surface area contributed by atoms with Gasteiger partial charge in [-0.3, -0.25) is 14.6 Å². The summed E-state index contributed by atoms with van der Waals surface area (Å²) in [5.74, 6) is 0.0910. The summed E-state index contributed by atoms with van der Waals surface area (Å²) in [6, 6.07) is 11.3. The molecule has 6 heteroatoms. The Morgan fingerprint density at radius 2 is 1.72 bits per heavy atom. The Kier molecular flexibility index (Phi) is 5.81. The van der Waals surface area contributed by atoms with Crippen LogP contribution in [0, 0.1) is 0 Å². The van der Waals surface area contributed by atoms with Crippen LogP contribution in [-0.2, 0) is 11.2 Å². The van der Waals surface area contributed by atoms with Crippen LogP contribution in [-0.4, -0.2) is 52.8 Å². The molecule has 130 valence electrons. The van der Waals surface area contributed by atoms with Crippen molar-refractivity contribution in [3.63, 3.8) is 0 Å². The number of benzene rings is 1. The molecule has 1 aliphatic heterocycles. The van der Waals surface area contributed by atoms with Crippen LogP contribution in [0.25, 0.3) is 0 Å². The van der Waals surface area contributed by atoms with Crippen molar-refractivity contribution in [2.75, 3.05) is 26.2 Å². The first-order valence-electron chi connectivity index (χ1n) is 8.35. The molecule has 0 atom stereocenters. The number of pyridine rings is 1. The van der Waals surface area contributed by atoms with Gasteiger partial charge in [-0.1, -0.05) is 28.1 Å². The highest BCUT2D eigenvalue weighted by atomic mass is 79.9. The molecule has 0 saturated carbocycles. The van der Waals surface area contributed by atoms with Gasteiger partial charge in [0, 0.05) is 43.0 Å². The molecule has 25 heavy (non-hydrogen) atoms. The maximum atomic E-state index is 12.6. The van der Waals surface area contributed by atoms with Crippen molar-refractivity contribution in [1.82, 2.24) is 14.8 Å². The third-order valence-electron chi connectivity index (χ3n) is 4.31. The summed E-state index contributed by atoms with van der Waals surface area (Å²) in [4.78, 5) is 32.8. The average Bonchev–Trinajstić information content (AvgIpc) is 2.90. The van der Waals surface area contributed by atoms with Crippen molar-refractivity contribution in [1.29, 1.82) is 0 Å². The van der Waals surface area contributed by atoms with Gasteiger partial charge in [0.05, 0.1) is 12.0 Å².